The maximum atomic E-state index is 5.68. The summed E-state index contributed by atoms with van der Waals surface area (Å²) in [4.78, 5) is 6.91. The minimum atomic E-state index is 0.306. The zero-order chi connectivity index (χ0) is 17.0. The molecule has 0 bridgehead atoms. The molecule has 2 heterocycles. The fraction of sp³-hybridized carbons (Fsp3) is 0.944. The van der Waals surface area contributed by atoms with E-state index in [1.165, 1.54) is 51.7 Å². The highest BCUT2D eigenvalue weighted by atomic mass is 16.5. The van der Waals surface area contributed by atoms with Crippen LogP contribution in [0, 0.1) is 0 Å². The Morgan fingerprint density at radius 2 is 2.12 bits per heavy atom. The molecule has 24 heavy (non-hydrogen) atoms. The minimum absolute atomic E-state index is 0.306. The molecule has 0 aromatic rings. The molecule has 0 aromatic heterocycles. The second kappa shape index (κ2) is 11.7. The highest BCUT2D eigenvalue weighted by Gasteiger charge is 2.19. The van der Waals surface area contributed by atoms with Crippen molar-refractivity contribution in [1.29, 1.82) is 0 Å². The molecule has 2 fully saturated rings. The number of hydrogen-bond acceptors (Lipinski definition) is 4. The van der Waals surface area contributed by atoms with E-state index in [-0.39, 0.29) is 0 Å². The van der Waals surface area contributed by atoms with Gasteiger partial charge in [-0.05, 0) is 38.6 Å². The van der Waals surface area contributed by atoms with E-state index >= 15 is 0 Å². The van der Waals surface area contributed by atoms with E-state index in [2.05, 4.69) is 27.4 Å². The van der Waals surface area contributed by atoms with Gasteiger partial charge in [-0.15, -0.1) is 0 Å². The normalized spacial score (nSPS) is 23.6. The summed E-state index contributed by atoms with van der Waals surface area (Å²) in [5, 5.41) is 6.89. The SMILES string of the molecule is CCCCN1CCC(NC(=NC)NCCOCC2CCCO2)CC1. The van der Waals surface area contributed by atoms with E-state index < -0.39 is 0 Å². The summed E-state index contributed by atoms with van der Waals surface area (Å²) in [6, 6.07) is 0.530. The fourth-order valence-electron chi connectivity index (χ4n) is 3.30. The number of unbranched alkanes of at least 4 members (excludes halogenated alkanes) is 1. The van der Waals surface area contributed by atoms with Gasteiger partial charge in [0.25, 0.3) is 0 Å². The Hall–Kier alpha value is -0.850. The minimum Gasteiger partial charge on any atom is -0.377 e. The topological polar surface area (TPSA) is 58.1 Å². The van der Waals surface area contributed by atoms with Crippen molar-refractivity contribution < 1.29 is 9.47 Å². The molecule has 2 aliphatic heterocycles. The molecule has 0 radical (unpaired) electrons. The molecule has 6 heteroatoms. The summed E-state index contributed by atoms with van der Waals surface area (Å²) in [7, 11) is 1.83. The predicted octanol–water partition coefficient (Wildman–Crippen LogP) is 1.61. The molecule has 140 valence electrons. The van der Waals surface area contributed by atoms with Crippen LogP contribution in [0.2, 0.25) is 0 Å². The van der Waals surface area contributed by atoms with Gasteiger partial charge >= 0.3 is 0 Å². The first-order valence-corrected chi connectivity index (χ1v) is 9.70. The molecule has 2 saturated heterocycles. The quantitative estimate of drug-likeness (QED) is 0.379. The van der Waals surface area contributed by atoms with Crippen LogP contribution in [-0.2, 0) is 9.47 Å². The summed E-state index contributed by atoms with van der Waals surface area (Å²) < 4.78 is 11.2. The number of ether oxygens (including phenoxy) is 2. The van der Waals surface area contributed by atoms with E-state index in [1.807, 2.05) is 7.05 Å². The van der Waals surface area contributed by atoms with E-state index in [0.29, 0.717) is 25.4 Å². The van der Waals surface area contributed by atoms with E-state index in [0.717, 1.165) is 25.5 Å². The molecular formula is C18H36N4O2. The lowest BCUT2D eigenvalue weighted by Crippen LogP contribution is -2.49. The van der Waals surface area contributed by atoms with Gasteiger partial charge in [-0.25, -0.2) is 0 Å². The Bertz CT molecular complexity index is 351. The Morgan fingerprint density at radius 3 is 2.79 bits per heavy atom. The lowest BCUT2D eigenvalue weighted by Gasteiger charge is -2.33. The number of guanidine groups is 1. The van der Waals surface area contributed by atoms with Crippen molar-refractivity contribution in [3.63, 3.8) is 0 Å². The van der Waals surface area contributed by atoms with Crippen LogP contribution in [0.5, 0.6) is 0 Å². The molecule has 0 aliphatic carbocycles. The van der Waals surface area contributed by atoms with Crippen molar-refractivity contribution in [2.75, 3.05) is 53.0 Å². The maximum absolute atomic E-state index is 5.68. The van der Waals surface area contributed by atoms with Crippen molar-refractivity contribution in [2.24, 2.45) is 4.99 Å². The van der Waals surface area contributed by atoms with Crippen molar-refractivity contribution in [2.45, 2.75) is 57.6 Å². The molecule has 2 rings (SSSR count). The number of hydrogen-bond donors (Lipinski definition) is 2. The average Bonchev–Trinajstić information content (AvgIpc) is 3.13. The number of piperidine rings is 1. The largest absolute Gasteiger partial charge is 0.377 e. The molecule has 1 unspecified atom stereocenters. The Morgan fingerprint density at radius 1 is 1.29 bits per heavy atom. The van der Waals surface area contributed by atoms with Crippen LogP contribution in [0.25, 0.3) is 0 Å². The molecule has 0 amide bonds. The molecule has 0 spiro atoms. The van der Waals surface area contributed by atoms with Crippen LogP contribution in [0.3, 0.4) is 0 Å². The van der Waals surface area contributed by atoms with Gasteiger partial charge in [0, 0.05) is 39.3 Å². The second-order valence-corrected chi connectivity index (χ2v) is 6.82. The highest BCUT2D eigenvalue weighted by Crippen LogP contribution is 2.12. The van der Waals surface area contributed by atoms with Crippen molar-refractivity contribution in [1.82, 2.24) is 15.5 Å². The van der Waals surface area contributed by atoms with Crippen LogP contribution in [-0.4, -0.2) is 76.1 Å². The number of nitrogens with one attached hydrogen (secondary N) is 2. The van der Waals surface area contributed by atoms with Gasteiger partial charge in [0.2, 0.25) is 0 Å². The third-order valence-corrected chi connectivity index (χ3v) is 4.85. The molecule has 0 aromatic carbocycles. The van der Waals surface area contributed by atoms with Gasteiger partial charge in [0.15, 0.2) is 5.96 Å². The molecule has 2 N–H and O–H groups in total. The first-order chi connectivity index (χ1) is 11.8. The summed E-state index contributed by atoms with van der Waals surface area (Å²) in [6.45, 7) is 8.97. The Labute approximate surface area is 147 Å². The van der Waals surface area contributed by atoms with E-state index in [4.69, 9.17) is 9.47 Å². The van der Waals surface area contributed by atoms with Gasteiger partial charge < -0.3 is 25.0 Å². The number of rotatable bonds is 9. The average molecular weight is 341 g/mol. The first kappa shape index (κ1) is 19.5. The zero-order valence-electron chi connectivity index (χ0n) is 15.6. The second-order valence-electron chi connectivity index (χ2n) is 6.82. The van der Waals surface area contributed by atoms with Crippen LogP contribution in [0.4, 0.5) is 0 Å². The molecule has 1 atom stereocenters. The molecular weight excluding hydrogens is 304 g/mol. The lowest BCUT2D eigenvalue weighted by molar-refractivity contribution is 0.0191. The smallest absolute Gasteiger partial charge is 0.191 e. The summed E-state index contributed by atoms with van der Waals surface area (Å²) in [6.07, 6.45) is 7.59. The predicted molar refractivity (Wildman–Crippen MR) is 98.7 cm³/mol. The number of likely N-dealkylation sites (tertiary alicyclic amines) is 1. The van der Waals surface area contributed by atoms with Crippen molar-refractivity contribution >= 4 is 5.96 Å². The van der Waals surface area contributed by atoms with Crippen molar-refractivity contribution in [3.05, 3.63) is 0 Å². The molecule has 0 saturated carbocycles. The zero-order valence-corrected chi connectivity index (χ0v) is 15.6. The third-order valence-electron chi connectivity index (χ3n) is 4.85. The summed E-state index contributed by atoms with van der Waals surface area (Å²) in [5.41, 5.74) is 0. The van der Waals surface area contributed by atoms with Gasteiger partial charge in [-0.2, -0.15) is 0 Å². The summed E-state index contributed by atoms with van der Waals surface area (Å²) >= 11 is 0. The maximum Gasteiger partial charge on any atom is 0.191 e. The fourth-order valence-corrected chi connectivity index (χ4v) is 3.30. The van der Waals surface area contributed by atoms with Gasteiger partial charge in [-0.1, -0.05) is 13.3 Å². The first-order valence-electron chi connectivity index (χ1n) is 9.70. The molecule has 6 nitrogen and oxygen atoms in total. The van der Waals surface area contributed by atoms with Gasteiger partial charge in [0.05, 0.1) is 19.3 Å². The molecule has 2 aliphatic rings. The monoisotopic (exact) mass is 340 g/mol. The third kappa shape index (κ3) is 7.36. The van der Waals surface area contributed by atoms with Gasteiger partial charge in [0.1, 0.15) is 0 Å². The standard InChI is InChI=1S/C18H36N4O2/c1-3-4-10-22-11-7-16(8-12-22)21-18(19-2)20-9-14-23-15-17-6-5-13-24-17/h16-17H,3-15H2,1-2H3,(H2,19,20,21). The Balaban J connectivity index is 1.52. The van der Waals surface area contributed by atoms with Crippen LogP contribution in [0.15, 0.2) is 4.99 Å². The highest BCUT2D eigenvalue weighted by molar-refractivity contribution is 5.79. The van der Waals surface area contributed by atoms with E-state index in [1.54, 1.807) is 0 Å². The number of nitrogens with zero attached hydrogens (tertiary/aromatic N) is 2. The Kier molecular flexibility index (Phi) is 9.46. The van der Waals surface area contributed by atoms with Crippen molar-refractivity contribution in [3.8, 4) is 0 Å². The van der Waals surface area contributed by atoms with Gasteiger partial charge in [-0.3, -0.25) is 4.99 Å². The van der Waals surface area contributed by atoms with Crippen LogP contribution < -0.4 is 10.6 Å². The number of aliphatic imine (C=N–C) groups is 1. The summed E-state index contributed by atoms with van der Waals surface area (Å²) in [5.74, 6) is 0.891. The van der Waals surface area contributed by atoms with E-state index in [9.17, 15) is 0 Å². The van der Waals surface area contributed by atoms with Crippen LogP contribution >= 0.6 is 0 Å². The van der Waals surface area contributed by atoms with Crippen LogP contribution in [0.1, 0.15) is 45.4 Å². The lowest BCUT2D eigenvalue weighted by atomic mass is 10.0.